The number of carbonyl (C=O) groups excluding carboxylic acids is 1. The predicted molar refractivity (Wildman–Crippen MR) is 99.5 cm³/mol. The summed E-state index contributed by atoms with van der Waals surface area (Å²) in [5.74, 6) is -0.435. The van der Waals surface area contributed by atoms with E-state index in [9.17, 15) is 13.2 Å². The third-order valence-corrected chi connectivity index (χ3v) is 6.19. The van der Waals surface area contributed by atoms with Gasteiger partial charge in [0.25, 0.3) is 10.0 Å². The third-order valence-electron chi connectivity index (χ3n) is 4.39. The Morgan fingerprint density at radius 1 is 1.00 bits per heavy atom. The number of sulfonamides is 1. The van der Waals surface area contributed by atoms with Crippen molar-refractivity contribution in [3.05, 3.63) is 66.2 Å². The van der Waals surface area contributed by atoms with Crippen molar-refractivity contribution in [3.8, 4) is 0 Å². The van der Waals surface area contributed by atoms with Gasteiger partial charge in [-0.3, -0.25) is 9.10 Å². The van der Waals surface area contributed by atoms with Crippen molar-refractivity contribution in [2.24, 2.45) is 0 Å². The van der Waals surface area contributed by atoms with Gasteiger partial charge >= 0.3 is 0 Å². The lowest BCUT2D eigenvalue weighted by molar-refractivity contribution is -0.114. The van der Waals surface area contributed by atoms with Gasteiger partial charge in [0.1, 0.15) is 6.54 Å². The van der Waals surface area contributed by atoms with E-state index in [4.69, 9.17) is 5.11 Å². The number of aliphatic hydroxyl groups is 1. The van der Waals surface area contributed by atoms with Crippen molar-refractivity contribution in [1.29, 1.82) is 0 Å². The van der Waals surface area contributed by atoms with Crippen molar-refractivity contribution >= 4 is 38.1 Å². The number of nitrogens with zero attached hydrogens (tertiary/aromatic N) is 1. The Morgan fingerprint density at radius 3 is 2.38 bits per heavy atom. The van der Waals surface area contributed by atoms with Gasteiger partial charge in [0.15, 0.2) is 0 Å². The summed E-state index contributed by atoms with van der Waals surface area (Å²) in [6.45, 7) is -0.389. The molecule has 1 aliphatic rings. The summed E-state index contributed by atoms with van der Waals surface area (Å²) >= 11 is 0. The van der Waals surface area contributed by atoms with E-state index in [1.807, 2.05) is 12.1 Å². The highest BCUT2D eigenvalue weighted by atomic mass is 32.2. The SMILES string of the molecule is O=C(CN1c2cccc3cccc(c23)S1(=O)=O)Nc1ccc(CO)cc1. The van der Waals surface area contributed by atoms with E-state index in [1.54, 1.807) is 48.5 Å². The topological polar surface area (TPSA) is 86.7 Å². The largest absolute Gasteiger partial charge is 0.392 e. The molecule has 0 aromatic heterocycles. The van der Waals surface area contributed by atoms with Crippen LogP contribution in [0.5, 0.6) is 0 Å². The van der Waals surface area contributed by atoms with Crippen LogP contribution in [0.25, 0.3) is 10.8 Å². The number of benzene rings is 3. The molecule has 0 spiro atoms. The highest BCUT2D eigenvalue weighted by Gasteiger charge is 2.36. The van der Waals surface area contributed by atoms with Crippen LogP contribution in [0.1, 0.15) is 5.56 Å². The van der Waals surface area contributed by atoms with Gasteiger partial charge < -0.3 is 10.4 Å². The number of rotatable bonds is 4. The monoisotopic (exact) mass is 368 g/mol. The first-order valence-electron chi connectivity index (χ1n) is 8.05. The molecule has 0 fully saturated rings. The Morgan fingerprint density at radius 2 is 1.69 bits per heavy atom. The molecular formula is C19H16N2O4S. The van der Waals surface area contributed by atoms with Gasteiger partial charge in [0, 0.05) is 11.1 Å². The molecule has 0 aliphatic carbocycles. The molecule has 0 radical (unpaired) electrons. The average Bonchev–Trinajstić information content (AvgIpc) is 2.86. The quantitative estimate of drug-likeness (QED) is 0.741. The van der Waals surface area contributed by atoms with Gasteiger partial charge in [-0.1, -0.05) is 36.4 Å². The second kappa shape index (κ2) is 6.12. The van der Waals surface area contributed by atoms with Crippen LogP contribution < -0.4 is 9.62 Å². The summed E-state index contributed by atoms with van der Waals surface area (Å²) in [4.78, 5) is 12.6. The first-order chi connectivity index (χ1) is 12.5. The summed E-state index contributed by atoms with van der Waals surface area (Å²) in [5.41, 5.74) is 1.79. The molecule has 4 rings (SSSR count). The number of hydrogen-bond donors (Lipinski definition) is 2. The predicted octanol–water partition coefficient (Wildman–Crippen LogP) is 2.48. The Bertz CT molecular complexity index is 1100. The Balaban J connectivity index is 1.62. The van der Waals surface area contributed by atoms with Crippen LogP contribution in [0.2, 0.25) is 0 Å². The number of aliphatic hydroxyl groups excluding tert-OH is 1. The van der Waals surface area contributed by atoms with E-state index >= 15 is 0 Å². The Labute approximate surface area is 150 Å². The van der Waals surface area contributed by atoms with Crippen LogP contribution in [0, 0.1) is 0 Å². The van der Waals surface area contributed by atoms with Gasteiger partial charge in [-0.05, 0) is 35.2 Å². The fraction of sp³-hybridized carbons (Fsp3) is 0.105. The second-order valence-corrected chi connectivity index (χ2v) is 7.88. The van der Waals surface area contributed by atoms with Gasteiger partial charge in [0.2, 0.25) is 5.91 Å². The van der Waals surface area contributed by atoms with Crippen LogP contribution >= 0.6 is 0 Å². The average molecular weight is 368 g/mol. The van der Waals surface area contributed by atoms with Gasteiger partial charge in [-0.25, -0.2) is 8.42 Å². The molecule has 0 bridgehead atoms. The maximum Gasteiger partial charge on any atom is 0.265 e. The minimum Gasteiger partial charge on any atom is -0.392 e. The summed E-state index contributed by atoms with van der Waals surface area (Å²) < 4.78 is 26.8. The molecule has 3 aromatic carbocycles. The number of amides is 1. The van der Waals surface area contributed by atoms with E-state index < -0.39 is 15.9 Å². The van der Waals surface area contributed by atoms with E-state index in [-0.39, 0.29) is 18.0 Å². The molecule has 6 nitrogen and oxygen atoms in total. The lowest BCUT2D eigenvalue weighted by Crippen LogP contribution is -2.35. The molecule has 1 amide bonds. The molecule has 0 saturated heterocycles. The number of carbonyl (C=O) groups is 1. The molecule has 1 aliphatic heterocycles. The highest BCUT2D eigenvalue weighted by Crippen LogP contribution is 2.41. The summed E-state index contributed by atoms with van der Waals surface area (Å²) in [7, 11) is -3.76. The molecular weight excluding hydrogens is 352 g/mol. The van der Waals surface area contributed by atoms with Gasteiger partial charge in [-0.15, -0.1) is 0 Å². The van der Waals surface area contributed by atoms with Gasteiger partial charge in [0.05, 0.1) is 17.2 Å². The molecule has 0 atom stereocenters. The lowest BCUT2D eigenvalue weighted by Gasteiger charge is -2.18. The van der Waals surface area contributed by atoms with Crippen molar-refractivity contribution in [2.75, 3.05) is 16.2 Å². The van der Waals surface area contributed by atoms with E-state index in [1.165, 1.54) is 0 Å². The number of hydrogen-bond acceptors (Lipinski definition) is 4. The third kappa shape index (κ3) is 2.61. The lowest BCUT2D eigenvalue weighted by atomic mass is 10.1. The first-order valence-corrected chi connectivity index (χ1v) is 9.49. The van der Waals surface area contributed by atoms with E-state index in [0.717, 1.165) is 15.3 Å². The van der Waals surface area contributed by atoms with Crippen molar-refractivity contribution < 1.29 is 18.3 Å². The number of anilines is 2. The van der Waals surface area contributed by atoms with Crippen LogP contribution in [-0.2, 0) is 21.4 Å². The summed E-state index contributed by atoms with van der Waals surface area (Å²) in [6.07, 6.45) is 0. The molecule has 0 unspecified atom stereocenters. The summed E-state index contributed by atoms with van der Waals surface area (Å²) in [6, 6.07) is 17.2. The minimum atomic E-state index is -3.76. The normalized spacial score (nSPS) is 14.6. The zero-order valence-corrected chi connectivity index (χ0v) is 14.5. The van der Waals surface area contributed by atoms with Gasteiger partial charge in [-0.2, -0.15) is 0 Å². The molecule has 3 aromatic rings. The van der Waals surface area contributed by atoms with Crippen LogP contribution in [0.15, 0.2) is 65.6 Å². The zero-order chi connectivity index (χ0) is 18.3. The summed E-state index contributed by atoms with van der Waals surface area (Å²) in [5, 5.41) is 13.2. The molecule has 0 saturated carbocycles. The van der Waals surface area contributed by atoms with Crippen LogP contribution in [0.4, 0.5) is 11.4 Å². The Kier molecular flexibility index (Phi) is 3.90. The van der Waals surface area contributed by atoms with Crippen molar-refractivity contribution in [2.45, 2.75) is 11.5 Å². The van der Waals surface area contributed by atoms with Crippen molar-refractivity contribution in [3.63, 3.8) is 0 Å². The smallest absolute Gasteiger partial charge is 0.265 e. The fourth-order valence-corrected chi connectivity index (χ4v) is 4.82. The van der Waals surface area contributed by atoms with E-state index in [2.05, 4.69) is 5.32 Å². The first kappa shape index (κ1) is 16.6. The molecule has 7 heteroatoms. The van der Waals surface area contributed by atoms with Crippen LogP contribution in [-0.4, -0.2) is 26.0 Å². The fourth-order valence-electron chi connectivity index (χ4n) is 3.15. The van der Waals surface area contributed by atoms with Crippen LogP contribution in [0.3, 0.4) is 0 Å². The van der Waals surface area contributed by atoms with E-state index in [0.29, 0.717) is 16.8 Å². The maximum atomic E-state index is 12.9. The standard InChI is InChI=1S/C19H16N2O4S/c22-12-13-7-9-15(10-8-13)20-18(23)11-21-16-5-1-3-14-4-2-6-17(19(14)16)26(21,24)25/h1-10,22H,11-12H2,(H,20,23). The second-order valence-electron chi connectivity index (χ2n) is 6.05. The molecule has 2 N–H and O–H groups in total. The molecule has 132 valence electrons. The maximum absolute atomic E-state index is 12.9. The highest BCUT2D eigenvalue weighted by molar-refractivity contribution is 7.93. The molecule has 26 heavy (non-hydrogen) atoms. The van der Waals surface area contributed by atoms with Crippen molar-refractivity contribution in [1.82, 2.24) is 0 Å². The Hall–Kier alpha value is -2.90. The minimum absolute atomic E-state index is 0.0808. The zero-order valence-electron chi connectivity index (χ0n) is 13.7. The molecule has 1 heterocycles. The number of nitrogens with one attached hydrogen (secondary N) is 1.